The van der Waals surface area contributed by atoms with Gasteiger partial charge in [0.15, 0.2) is 0 Å². The van der Waals surface area contributed by atoms with Crippen molar-refractivity contribution in [1.29, 1.82) is 0 Å². The number of ether oxygens (including phenoxy) is 1. The summed E-state index contributed by atoms with van der Waals surface area (Å²) in [7, 11) is 1.70. The van der Waals surface area contributed by atoms with Crippen molar-refractivity contribution in [1.82, 2.24) is 0 Å². The van der Waals surface area contributed by atoms with Crippen molar-refractivity contribution in [2.45, 2.75) is 26.7 Å². The van der Waals surface area contributed by atoms with Gasteiger partial charge in [-0.05, 0) is 47.6 Å². The van der Waals surface area contributed by atoms with Crippen LogP contribution in [0.3, 0.4) is 0 Å². The SMILES string of the molecule is COc1ccc(Cc2ccccc2CC(C)C)cc1. The van der Waals surface area contributed by atoms with Gasteiger partial charge in [-0.2, -0.15) is 0 Å². The van der Waals surface area contributed by atoms with Crippen LogP contribution >= 0.6 is 0 Å². The molecule has 19 heavy (non-hydrogen) atoms. The minimum Gasteiger partial charge on any atom is -0.497 e. The zero-order valence-corrected chi connectivity index (χ0v) is 12.0. The van der Waals surface area contributed by atoms with Crippen LogP contribution in [0.15, 0.2) is 48.5 Å². The van der Waals surface area contributed by atoms with Crippen LogP contribution < -0.4 is 4.74 Å². The van der Waals surface area contributed by atoms with Crippen LogP contribution in [0.5, 0.6) is 5.75 Å². The highest BCUT2D eigenvalue weighted by molar-refractivity contribution is 5.35. The summed E-state index contributed by atoms with van der Waals surface area (Å²) >= 11 is 0. The summed E-state index contributed by atoms with van der Waals surface area (Å²) in [5.41, 5.74) is 4.23. The molecule has 0 radical (unpaired) electrons. The normalized spacial score (nSPS) is 10.7. The molecule has 2 rings (SSSR count). The van der Waals surface area contributed by atoms with Crippen LogP contribution in [-0.2, 0) is 12.8 Å². The maximum Gasteiger partial charge on any atom is 0.118 e. The van der Waals surface area contributed by atoms with E-state index in [1.807, 2.05) is 12.1 Å². The molecule has 0 unspecified atom stereocenters. The van der Waals surface area contributed by atoms with Gasteiger partial charge in [0.25, 0.3) is 0 Å². The highest BCUT2D eigenvalue weighted by Crippen LogP contribution is 2.19. The van der Waals surface area contributed by atoms with E-state index in [1.54, 1.807) is 7.11 Å². The molecule has 0 heterocycles. The standard InChI is InChI=1S/C18H22O/c1-14(2)12-16-6-4-5-7-17(16)13-15-8-10-18(19-3)11-9-15/h4-11,14H,12-13H2,1-3H3. The van der Waals surface area contributed by atoms with Crippen LogP contribution in [0.2, 0.25) is 0 Å². The Morgan fingerprint density at radius 3 is 2.11 bits per heavy atom. The smallest absolute Gasteiger partial charge is 0.118 e. The average molecular weight is 254 g/mol. The van der Waals surface area contributed by atoms with Gasteiger partial charge in [0.2, 0.25) is 0 Å². The predicted octanol–water partition coefficient (Wildman–Crippen LogP) is 4.48. The summed E-state index contributed by atoms with van der Waals surface area (Å²) in [4.78, 5) is 0. The molecule has 2 aromatic carbocycles. The lowest BCUT2D eigenvalue weighted by Gasteiger charge is -2.12. The molecule has 0 saturated heterocycles. The number of methoxy groups -OCH3 is 1. The van der Waals surface area contributed by atoms with Gasteiger partial charge < -0.3 is 4.74 Å². The van der Waals surface area contributed by atoms with E-state index in [2.05, 4.69) is 50.2 Å². The lowest BCUT2D eigenvalue weighted by Crippen LogP contribution is -2.00. The molecule has 0 aliphatic heterocycles. The summed E-state index contributed by atoms with van der Waals surface area (Å²) < 4.78 is 5.20. The summed E-state index contributed by atoms with van der Waals surface area (Å²) in [5, 5.41) is 0. The Balaban J connectivity index is 2.17. The van der Waals surface area contributed by atoms with Gasteiger partial charge in [0, 0.05) is 0 Å². The Bertz CT molecular complexity index is 511. The highest BCUT2D eigenvalue weighted by Gasteiger charge is 2.05. The molecule has 0 fully saturated rings. The van der Waals surface area contributed by atoms with Crippen LogP contribution in [0.25, 0.3) is 0 Å². The molecule has 0 N–H and O–H groups in total. The Hall–Kier alpha value is -1.76. The van der Waals surface area contributed by atoms with Crippen molar-refractivity contribution >= 4 is 0 Å². The van der Waals surface area contributed by atoms with Crippen molar-refractivity contribution in [3.05, 3.63) is 65.2 Å². The fourth-order valence-corrected chi connectivity index (χ4v) is 2.33. The van der Waals surface area contributed by atoms with E-state index in [9.17, 15) is 0 Å². The second-order valence-electron chi connectivity index (χ2n) is 5.39. The van der Waals surface area contributed by atoms with E-state index in [0.29, 0.717) is 5.92 Å². The largest absolute Gasteiger partial charge is 0.497 e. The molecule has 1 heteroatoms. The Labute approximate surface area is 116 Å². The molecule has 1 nitrogen and oxygen atoms in total. The number of hydrogen-bond donors (Lipinski definition) is 0. The van der Waals surface area contributed by atoms with Gasteiger partial charge in [0.1, 0.15) is 5.75 Å². The van der Waals surface area contributed by atoms with Gasteiger partial charge in [-0.25, -0.2) is 0 Å². The Kier molecular flexibility index (Phi) is 4.62. The molecular formula is C18H22O. The third-order valence-corrected chi connectivity index (χ3v) is 3.30. The first-order valence-corrected chi connectivity index (χ1v) is 6.88. The Morgan fingerprint density at radius 1 is 0.895 bits per heavy atom. The van der Waals surface area contributed by atoms with Crippen molar-refractivity contribution in [2.24, 2.45) is 5.92 Å². The van der Waals surface area contributed by atoms with E-state index >= 15 is 0 Å². The molecule has 0 aliphatic rings. The quantitative estimate of drug-likeness (QED) is 0.764. The molecule has 0 atom stereocenters. The summed E-state index contributed by atoms with van der Waals surface area (Å²) in [6.45, 7) is 4.54. The zero-order valence-electron chi connectivity index (χ0n) is 12.0. The predicted molar refractivity (Wildman–Crippen MR) is 80.8 cm³/mol. The number of benzene rings is 2. The third kappa shape index (κ3) is 3.85. The third-order valence-electron chi connectivity index (χ3n) is 3.30. The van der Waals surface area contributed by atoms with E-state index in [-0.39, 0.29) is 0 Å². The molecule has 0 saturated carbocycles. The maximum atomic E-state index is 5.20. The summed E-state index contributed by atoms with van der Waals surface area (Å²) in [6, 6.07) is 17.1. The molecule has 0 aliphatic carbocycles. The molecule has 2 aromatic rings. The lowest BCUT2D eigenvalue weighted by molar-refractivity contribution is 0.414. The Morgan fingerprint density at radius 2 is 1.53 bits per heavy atom. The molecular weight excluding hydrogens is 232 g/mol. The van der Waals surface area contributed by atoms with E-state index in [4.69, 9.17) is 4.74 Å². The first kappa shape index (κ1) is 13.7. The van der Waals surface area contributed by atoms with Gasteiger partial charge in [-0.3, -0.25) is 0 Å². The topological polar surface area (TPSA) is 9.23 Å². The second-order valence-corrected chi connectivity index (χ2v) is 5.39. The van der Waals surface area contributed by atoms with Crippen LogP contribution in [0.1, 0.15) is 30.5 Å². The van der Waals surface area contributed by atoms with E-state index in [0.717, 1.165) is 18.6 Å². The van der Waals surface area contributed by atoms with Crippen LogP contribution in [0, 0.1) is 5.92 Å². The number of hydrogen-bond acceptors (Lipinski definition) is 1. The molecule has 0 amide bonds. The first-order chi connectivity index (χ1) is 9.19. The van der Waals surface area contributed by atoms with Crippen molar-refractivity contribution in [3.8, 4) is 5.75 Å². The molecule has 0 bridgehead atoms. The monoisotopic (exact) mass is 254 g/mol. The van der Waals surface area contributed by atoms with Crippen molar-refractivity contribution < 1.29 is 4.74 Å². The second kappa shape index (κ2) is 6.42. The van der Waals surface area contributed by atoms with Crippen LogP contribution in [0.4, 0.5) is 0 Å². The lowest BCUT2D eigenvalue weighted by atomic mass is 9.94. The molecule has 0 aromatic heterocycles. The zero-order chi connectivity index (χ0) is 13.7. The van der Waals surface area contributed by atoms with E-state index in [1.165, 1.54) is 16.7 Å². The molecule has 0 spiro atoms. The van der Waals surface area contributed by atoms with Crippen molar-refractivity contribution in [3.63, 3.8) is 0 Å². The minimum atomic E-state index is 0.692. The summed E-state index contributed by atoms with van der Waals surface area (Å²) in [5.74, 6) is 1.61. The average Bonchev–Trinajstić information content (AvgIpc) is 2.41. The highest BCUT2D eigenvalue weighted by atomic mass is 16.5. The van der Waals surface area contributed by atoms with Gasteiger partial charge in [-0.15, -0.1) is 0 Å². The summed E-state index contributed by atoms with van der Waals surface area (Å²) in [6.07, 6.45) is 2.14. The van der Waals surface area contributed by atoms with Gasteiger partial charge >= 0.3 is 0 Å². The van der Waals surface area contributed by atoms with Crippen molar-refractivity contribution in [2.75, 3.05) is 7.11 Å². The van der Waals surface area contributed by atoms with E-state index < -0.39 is 0 Å². The maximum absolute atomic E-state index is 5.20. The van der Waals surface area contributed by atoms with Gasteiger partial charge in [0.05, 0.1) is 7.11 Å². The minimum absolute atomic E-state index is 0.692. The molecule has 100 valence electrons. The fourth-order valence-electron chi connectivity index (χ4n) is 2.33. The van der Waals surface area contributed by atoms with Gasteiger partial charge in [-0.1, -0.05) is 50.2 Å². The van der Waals surface area contributed by atoms with Crippen LogP contribution in [-0.4, -0.2) is 7.11 Å². The first-order valence-electron chi connectivity index (χ1n) is 6.88. The fraction of sp³-hybridized carbons (Fsp3) is 0.333. The number of rotatable bonds is 5.